The standard InChI is InChI=1S/C9H15BrO4S/c1-8(2)13-6-7(14-8)5-9(3-4-9)15(10,11)12/h7H,3-6H2,1-2H3. The first kappa shape index (κ1) is 11.8. The number of halogens is 1. The highest BCUT2D eigenvalue weighted by molar-refractivity contribution is 9.47. The number of hydrogen-bond acceptors (Lipinski definition) is 4. The van der Waals surface area contributed by atoms with Crippen LogP contribution >= 0.6 is 14.8 Å². The Balaban J connectivity index is 2.00. The summed E-state index contributed by atoms with van der Waals surface area (Å²) in [6.07, 6.45) is 1.88. The van der Waals surface area contributed by atoms with Crippen molar-refractivity contribution in [2.24, 2.45) is 0 Å². The summed E-state index contributed by atoms with van der Waals surface area (Å²) in [5, 5.41) is 0. The van der Waals surface area contributed by atoms with Crippen molar-refractivity contribution in [1.29, 1.82) is 0 Å². The van der Waals surface area contributed by atoms with Crippen LogP contribution in [0.2, 0.25) is 0 Å². The fraction of sp³-hybridized carbons (Fsp3) is 1.00. The SMILES string of the molecule is CC1(C)OCC(CC2(S(=O)(=O)Br)CC2)O1. The molecule has 1 aliphatic heterocycles. The van der Waals surface area contributed by atoms with E-state index < -0.39 is 18.8 Å². The van der Waals surface area contributed by atoms with Crippen LogP contribution in [0, 0.1) is 0 Å². The van der Waals surface area contributed by atoms with Gasteiger partial charge in [-0.2, -0.15) is 0 Å². The molecule has 88 valence electrons. The van der Waals surface area contributed by atoms with Gasteiger partial charge in [-0.3, -0.25) is 0 Å². The van der Waals surface area contributed by atoms with E-state index >= 15 is 0 Å². The molecule has 0 N–H and O–H groups in total. The first-order valence-electron chi connectivity index (χ1n) is 5.00. The second kappa shape index (κ2) is 3.42. The molecule has 1 saturated heterocycles. The Labute approximate surface area is 97.4 Å². The van der Waals surface area contributed by atoms with Crippen molar-refractivity contribution in [2.75, 3.05) is 6.61 Å². The summed E-state index contributed by atoms with van der Waals surface area (Å²) in [4.78, 5) is 0. The Morgan fingerprint density at radius 1 is 1.40 bits per heavy atom. The van der Waals surface area contributed by atoms with Gasteiger partial charge in [0.25, 0.3) is 0 Å². The van der Waals surface area contributed by atoms with E-state index in [2.05, 4.69) is 14.8 Å². The molecule has 1 heterocycles. The van der Waals surface area contributed by atoms with Gasteiger partial charge in [0, 0.05) is 0 Å². The molecule has 1 unspecified atom stereocenters. The topological polar surface area (TPSA) is 52.6 Å². The molecule has 2 aliphatic rings. The van der Waals surface area contributed by atoms with Gasteiger partial charge in [-0.05, 0) is 33.1 Å². The zero-order valence-corrected chi connectivity index (χ0v) is 11.2. The Morgan fingerprint density at radius 3 is 2.33 bits per heavy atom. The predicted molar refractivity (Wildman–Crippen MR) is 59.3 cm³/mol. The molecule has 0 radical (unpaired) electrons. The van der Waals surface area contributed by atoms with Crippen LogP contribution in [0.25, 0.3) is 0 Å². The molecular formula is C9H15BrO4S. The number of hydrogen-bond donors (Lipinski definition) is 0. The van der Waals surface area contributed by atoms with E-state index in [1.807, 2.05) is 13.8 Å². The van der Waals surface area contributed by atoms with Gasteiger partial charge < -0.3 is 9.47 Å². The highest BCUT2D eigenvalue weighted by Crippen LogP contribution is 2.51. The third-order valence-electron chi connectivity index (χ3n) is 2.99. The lowest BCUT2D eigenvalue weighted by Crippen LogP contribution is -2.28. The van der Waals surface area contributed by atoms with Crippen LogP contribution in [0.4, 0.5) is 0 Å². The van der Waals surface area contributed by atoms with E-state index in [0.717, 1.165) is 12.8 Å². The molecule has 0 amide bonds. The highest BCUT2D eigenvalue weighted by Gasteiger charge is 2.55. The van der Waals surface area contributed by atoms with Gasteiger partial charge in [-0.25, -0.2) is 8.42 Å². The minimum Gasteiger partial charge on any atom is -0.348 e. The smallest absolute Gasteiger partial charge is 0.215 e. The van der Waals surface area contributed by atoms with Crippen LogP contribution in [-0.2, 0) is 17.7 Å². The summed E-state index contributed by atoms with van der Waals surface area (Å²) in [7, 11) is -3.14. The molecule has 0 aromatic carbocycles. The van der Waals surface area contributed by atoms with E-state index in [4.69, 9.17) is 9.47 Å². The molecule has 1 saturated carbocycles. The second-order valence-electron chi connectivity index (χ2n) is 4.78. The Bertz CT molecular complexity index is 358. The number of rotatable bonds is 3. The van der Waals surface area contributed by atoms with Crippen LogP contribution in [0.15, 0.2) is 0 Å². The summed E-state index contributed by atoms with van der Waals surface area (Å²) >= 11 is 2.77. The summed E-state index contributed by atoms with van der Waals surface area (Å²) < 4.78 is 33.4. The number of ether oxygens (including phenoxy) is 2. The van der Waals surface area contributed by atoms with Gasteiger partial charge in [0.1, 0.15) is 0 Å². The average Bonchev–Trinajstić information content (AvgIpc) is 2.73. The van der Waals surface area contributed by atoms with E-state index in [1.165, 1.54) is 0 Å². The molecule has 6 heteroatoms. The van der Waals surface area contributed by atoms with Crippen LogP contribution < -0.4 is 0 Å². The molecule has 2 fully saturated rings. The van der Waals surface area contributed by atoms with Crippen LogP contribution in [0.1, 0.15) is 33.1 Å². The first-order valence-corrected chi connectivity index (χ1v) is 8.33. The minimum atomic E-state index is -3.14. The van der Waals surface area contributed by atoms with Crippen molar-refractivity contribution in [1.82, 2.24) is 0 Å². The lowest BCUT2D eigenvalue weighted by molar-refractivity contribution is -0.139. The molecule has 1 aliphatic carbocycles. The Morgan fingerprint density at radius 2 is 2.00 bits per heavy atom. The summed E-state index contributed by atoms with van der Waals surface area (Å²) in [6.45, 7) is 4.17. The first-order chi connectivity index (χ1) is 6.74. The predicted octanol–water partition coefficient (Wildman–Crippen LogP) is 1.79. The molecule has 0 aromatic heterocycles. The highest BCUT2D eigenvalue weighted by atomic mass is 79.9. The van der Waals surface area contributed by atoms with Crippen molar-refractivity contribution in [2.45, 2.75) is 49.7 Å². The van der Waals surface area contributed by atoms with Gasteiger partial charge in [-0.15, -0.1) is 0 Å². The van der Waals surface area contributed by atoms with Gasteiger partial charge in [0.05, 0.1) is 32.3 Å². The second-order valence-corrected chi connectivity index (χ2v) is 9.07. The zero-order chi connectivity index (χ0) is 11.3. The lowest BCUT2D eigenvalue weighted by Gasteiger charge is -2.19. The van der Waals surface area contributed by atoms with Crippen molar-refractivity contribution >= 4 is 23.1 Å². The zero-order valence-electron chi connectivity index (χ0n) is 8.82. The molecule has 0 spiro atoms. The minimum absolute atomic E-state index is 0.102. The summed E-state index contributed by atoms with van der Waals surface area (Å²) in [5.74, 6) is -0.573. The molecule has 15 heavy (non-hydrogen) atoms. The fourth-order valence-corrected chi connectivity index (χ4v) is 4.31. The summed E-state index contributed by atoms with van der Waals surface area (Å²) in [6, 6.07) is 0. The van der Waals surface area contributed by atoms with Crippen molar-refractivity contribution in [3.8, 4) is 0 Å². The molecule has 4 nitrogen and oxygen atoms in total. The van der Waals surface area contributed by atoms with Crippen LogP contribution in [0.3, 0.4) is 0 Å². The van der Waals surface area contributed by atoms with Gasteiger partial charge in [0.2, 0.25) is 8.27 Å². The molecule has 1 atom stereocenters. The summed E-state index contributed by atoms with van der Waals surface area (Å²) in [5.41, 5.74) is 0. The molecule has 0 bridgehead atoms. The fourth-order valence-electron chi connectivity index (χ4n) is 1.97. The van der Waals surface area contributed by atoms with Gasteiger partial charge in [0.15, 0.2) is 5.79 Å². The molecular weight excluding hydrogens is 284 g/mol. The largest absolute Gasteiger partial charge is 0.348 e. The van der Waals surface area contributed by atoms with Crippen molar-refractivity contribution in [3.05, 3.63) is 0 Å². The van der Waals surface area contributed by atoms with Gasteiger partial charge in [-0.1, -0.05) is 0 Å². The van der Waals surface area contributed by atoms with E-state index in [9.17, 15) is 8.42 Å². The van der Waals surface area contributed by atoms with Crippen LogP contribution in [-0.4, -0.2) is 31.7 Å². The maximum Gasteiger partial charge on any atom is 0.215 e. The maximum atomic E-state index is 11.5. The van der Waals surface area contributed by atoms with E-state index in [-0.39, 0.29) is 6.10 Å². The quantitative estimate of drug-likeness (QED) is 0.746. The van der Waals surface area contributed by atoms with Crippen molar-refractivity contribution in [3.63, 3.8) is 0 Å². The third kappa shape index (κ3) is 2.38. The molecule has 2 rings (SSSR count). The average molecular weight is 299 g/mol. The monoisotopic (exact) mass is 298 g/mol. The van der Waals surface area contributed by atoms with Crippen LogP contribution in [0.5, 0.6) is 0 Å². The maximum absolute atomic E-state index is 11.5. The third-order valence-corrected chi connectivity index (χ3v) is 6.66. The normalized spacial score (nSPS) is 32.9. The Kier molecular flexibility index (Phi) is 2.70. The molecule has 0 aromatic rings. The van der Waals surface area contributed by atoms with Gasteiger partial charge >= 0.3 is 0 Å². The van der Waals surface area contributed by atoms with E-state index in [0.29, 0.717) is 13.0 Å². The van der Waals surface area contributed by atoms with E-state index in [1.54, 1.807) is 0 Å². The lowest BCUT2D eigenvalue weighted by atomic mass is 10.2. The van der Waals surface area contributed by atoms with Crippen molar-refractivity contribution < 1.29 is 17.9 Å². The Hall–Kier alpha value is 0.350.